The minimum atomic E-state index is -4.17. The Morgan fingerprint density at radius 3 is 2.22 bits per heavy atom. The van der Waals surface area contributed by atoms with Crippen LogP contribution in [-0.2, 0) is 9.31 Å². The number of nitrogens with two attached hydrogens (primary N) is 1. The van der Waals surface area contributed by atoms with Crippen LogP contribution < -0.4 is 5.73 Å². The van der Waals surface area contributed by atoms with E-state index in [1.54, 1.807) is 0 Å². The molecule has 0 aromatic heterocycles. The second-order valence-electron chi connectivity index (χ2n) is 7.00. The Morgan fingerprint density at radius 2 is 1.78 bits per heavy atom. The van der Waals surface area contributed by atoms with Crippen LogP contribution in [-0.4, -0.2) is 61.3 Å². The zero-order chi connectivity index (χ0) is 17.5. The number of alkyl halides is 3. The first-order chi connectivity index (χ1) is 10.4. The van der Waals surface area contributed by atoms with E-state index in [1.807, 2.05) is 27.7 Å². The lowest BCUT2D eigenvalue weighted by Crippen LogP contribution is -2.53. The van der Waals surface area contributed by atoms with Crippen LogP contribution >= 0.6 is 0 Å². The van der Waals surface area contributed by atoms with Crippen LogP contribution in [0.25, 0.3) is 0 Å². The minimum absolute atomic E-state index is 0.158. The summed E-state index contributed by atoms with van der Waals surface area (Å²) in [7, 11) is -0.625. The van der Waals surface area contributed by atoms with Crippen LogP contribution in [0.1, 0.15) is 27.7 Å². The molecule has 2 aliphatic rings. The average Bonchev–Trinajstić information content (AvgIpc) is 2.54. The second kappa shape index (κ2) is 6.10. The summed E-state index contributed by atoms with van der Waals surface area (Å²) in [5.41, 5.74) is 5.21. The summed E-state index contributed by atoms with van der Waals surface area (Å²) in [6.07, 6.45) is -1.27. The summed E-state index contributed by atoms with van der Waals surface area (Å²) in [4.78, 5) is 5.59. The third-order valence-corrected chi connectivity index (χ3v) is 4.49. The Kier molecular flexibility index (Phi) is 4.85. The van der Waals surface area contributed by atoms with Crippen molar-refractivity contribution in [3.63, 3.8) is 0 Å². The van der Waals surface area contributed by atoms with Crippen LogP contribution in [0.4, 0.5) is 13.2 Å². The van der Waals surface area contributed by atoms with Gasteiger partial charge in [-0.15, -0.1) is 0 Å². The quantitative estimate of drug-likeness (QED) is 0.629. The Bertz CT molecular complexity index is 484. The van der Waals surface area contributed by atoms with Gasteiger partial charge in [-0.25, -0.2) is 0 Å². The van der Waals surface area contributed by atoms with Crippen molar-refractivity contribution in [1.29, 1.82) is 0 Å². The van der Waals surface area contributed by atoms with Gasteiger partial charge >= 0.3 is 13.3 Å². The highest BCUT2D eigenvalue weighted by atomic mass is 19.4. The van der Waals surface area contributed by atoms with E-state index in [9.17, 15) is 13.2 Å². The second-order valence-corrected chi connectivity index (χ2v) is 7.00. The lowest BCUT2D eigenvalue weighted by molar-refractivity contribution is -0.154. The number of hydrogen-bond donors (Lipinski definition) is 1. The molecule has 2 fully saturated rings. The molecule has 0 aromatic carbocycles. The molecule has 2 N–H and O–H groups in total. The van der Waals surface area contributed by atoms with Crippen molar-refractivity contribution in [2.75, 3.05) is 19.6 Å². The first-order valence-corrected chi connectivity index (χ1v) is 7.53. The van der Waals surface area contributed by atoms with Crippen LogP contribution in [0.2, 0.25) is 0 Å². The molecule has 0 aliphatic carbocycles. The fourth-order valence-electron chi connectivity index (χ4n) is 2.37. The molecule has 2 heterocycles. The molecule has 23 heavy (non-hydrogen) atoms. The fourth-order valence-corrected chi connectivity index (χ4v) is 2.37. The van der Waals surface area contributed by atoms with Gasteiger partial charge in [0.2, 0.25) is 0 Å². The summed E-state index contributed by atoms with van der Waals surface area (Å²) in [5, 5.41) is 0. The topological polar surface area (TPSA) is 60.1 Å². The molecule has 0 aromatic rings. The largest absolute Gasteiger partial charge is 0.497 e. The van der Waals surface area contributed by atoms with Crippen LogP contribution in [0.3, 0.4) is 0 Å². The number of halogens is 3. The van der Waals surface area contributed by atoms with E-state index >= 15 is 0 Å². The van der Waals surface area contributed by atoms with E-state index < -0.39 is 31.0 Å². The predicted molar refractivity (Wildman–Crippen MR) is 83.1 cm³/mol. The number of aliphatic imine (C=N–C) groups is 1. The third kappa shape index (κ3) is 4.27. The fraction of sp³-hybridized carbons (Fsp3) is 0.786. The molecule has 0 saturated carbocycles. The maximum Gasteiger partial charge on any atom is 0.497 e. The molecular weight excluding hydrogens is 310 g/mol. The minimum Gasteiger partial charge on any atom is -0.405 e. The molecule has 130 valence electrons. The van der Waals surface area contributed by atoms with E-state index in [0.29, 0.717) is 5.47 Å². The maximum atomic E-state index is 12.2. The molecule has 9 heteroatoms. The van der Waals surface area contributed by atoms with Crippen molar-refractivity contribution >= 4 is 13.3 Å². The highest BCUT2D eigenvalue weighted by Crippen LogP contribution is 2.38. The SMILES string of the molecule is CC1(C)OB(C(C=NC2CN(CC(F)(F)F)C2)=CN)OC1(C)C. The number of likely N-dealkylation sites (tertiary alicyclic amines) is 1. The molecule has 2 aliphatic heterocycles. The summed E-state index contributed by atoms with van der Waals surface area (Å²) < 4.78 is 48.4. The van der Waals surface area contributed by atoms with Crippen molar-refractivity contribution in [2.45, 2.75) is 51.1 Å². The van der Waals surface area contributed by atoms with Crippen molar-refractivity contribution in [1.82, 2.24) is 4.90 Å². The van der Waals surface area contributed by atoms with Gasteiger partial charge in [0.1, 0.15) is 0 Å². The van der Waals surface area contributed by atoms with E-state index in [0.717, 1.165) is 0 Å². The Labute approximate surface area is 134 Å². The number of nitrogens with zero attached hydrogens (tertiary/aromatic N) is 2. The van der Waals surface area contributed by atoms with Gasteiger partial charge in [0.25, 0.3) is 0 Å². The Balaban J connectivity index is 1.88. The zero-order valence-corrected chi connectivity index (χ0v) is 13.9. The summed E-state index contributed by atoms with van der Waals surface area (Å²) >= 11 is 0. The lowest BCUT2D eigenvalue weighted by atomic mass is 9.79. The first kappa shape index (κ1) is 18.3. The Morgan fingerprint density at radius 1 is 1.26 bits per heavy atom. The van der Waals surface area contributed by atoms with E-state index in [2.05, 4.69) is 4.99 Å². The van der Waals surface area contributed by atoms with E-state index in [1.165, 1.54) is 17.3 Å². The highest BCUT2D eigenvalue weighted by molar-refractivity contribution is 6.60. The van der Waals surface area contributed by atoms with Crippen molar-refractivity contribution in [3.8, 4) is 0 Å². The molecule has 2 saturated heterocycles. The standard InChI is InChI=1S/C14H23BF3N3O2/c1-12(2)13(3,4)23-15(22-12)10(5-19)6-20-11-7-21(8-11)9-14(16,17)18/h5-6,11H,7-9,19H2,1-4H3. The molecule has 0 spiro atoms. The lowest BCUT2D eigenvalue weighted by Gasteiger charge is -2.37. The maximum absolute atomic E-state index is 12.2. The summed E-state index contributed by atoms with van der Waals surface area (Å²) in [5.74, 6) is 0. The third-order valence-electron chi connectivity index (χ3n) is 4.49. The van der Waals surface area contributed by atoms with E-state index in [-0.39, 0.29) is 19.1 Å². The average molecular weight is 333 g/mol. The molecule has 5 nitrogen and oxygen atoms in total. The number of allylic oxidation sites excluding steroid dienone is 1. The van der Waals surface area contributed by atoms with Crippen LogP contribution in [0, 0.1) is 0 Å². The van der Waals surface area contributed by atoms with Gasteiger partial charge in [-0.1, -0.05) is 0 Å². The van der Waals surface area contributed by atoms with Gasteiger partial charge in [0, 0.05) is 24.8 Å². The van der Waals surface area contributed by atoms with Crippen LogP contribution in [0.15, 0.2) is 16.7 Å². The normalized spacial score (nSPS) is 26.0. The molecule has 0 radical (unpaired) electrons. The smallest absolute Gasteiger partial charge is 0.405 e. The monoisotopic (exact) mass is 333 g/mol. The molecule has 0 amide bonds. The van der Waals surface area contributed by atoms with Gasteiger partial charge in [-0.3, -0.25) is 9.89 Å². The van der Waals surface area contributed by atoms with Crippen molar-refractivity contribution in [3.05, 3.63) is 11.7 Å². The van der Waals surface area contributed by atoms with Gasteiger partial charge in [-0.2, -0.15) is 13.2 Å². The molecule has 0 unspecified atom stereocenters. The zero-order valence-electron chi connectivity index (χ0n) is 13.9. The predicted octanol–water partition coefficient (Wildman–Crippen LogP) is 1.78. The van der Waals surface area contributed by atoms with Crippen molar-refractivity contribution < 1.29 is 22.5 Å². The first-order valence-electron chi connectivity index (χ1n) is 7.53. The van der Waals surface area contributed by atoms with Crippen molar-refractivity contribution in [2.24, 2.45) is 10.7 Å². The van der Waals surface area contributed by atoms with Gasteiger partial charge < -0.3 is 15.0 Å². The summed E-state index contributed by atoms with van der Waals surface area (Å²) in [6.45, 7) is 7.40. The molecular formula is C14H23BF3N3O2. The Hall–Kier alpha value is -1.06. The number of hydrogen-bond acceptors (Lipinski definition) is 5. The van der Waals surface area contributed by atoms with Crippen LogP contribution in [0.5, 0.6) is 0 Å². The summed E-state index contributed by atoms with van der Waals surface area (Å²) in [6, 6.07) is -0.158. The highest BCUT2D eigenvalue weighted by Gasteiger charge is 2.52. The van der Waals surface area contributed by atoms with Gasteiger partial charge in [-0.05, 0) is 33.9 Å². The number of rotatable bonds is 4. The van der Waals surface area contributed by atoms with Gasteiger partial charge in [0.05, 0.1) is 23.8 Å². The van der Waals surface area contributed by atoms with Gasteiger partial charge in [0.15, 0.2) is 0 Å². The molecule has 2 rings (SSSR count). The molecule has 0 bridgehead atoms. The van der Waals surface area contributed by atoms with E-state index in [4.69, 9.17) is 15.0 Å². The molecule has 0 atom stereocenters.